The van der Waals surface area contributed by atoms with Crippen molar-refractivity contribution in [1.82, 2.24) is 0 Å². The lowest BCUT2D eigenvalue weighted by Crippen LogP contribution is -2.43. The fraction of sp³-hybridized carbons (Fsp3) is 0.500. The standard InChI is InChI=1S/C12H15BrN2O3/c1-9-8-18-5-4-14(9)11-3-2-10(7-13)6-12(11)15(16)17/h2-3,6,9H,4-5,7-8H2,1H3. The van der Waals surface area contributed by atoms with Crippen LogP contribution in [0.4, 0.5) is 11.4 Å². The minimum atomic E-state index is -0.316. The molecule has 1 saturated heterocycles. The minimum absolute atomic E-state index is 0.160. The van der Waals surface area contributed by atoms with Crippen LogP contribution in [0.3, 0.4) is 0 Å². The van der Waals surface area contributed by atoms with Gasteiger partial charge in [-0.05, 0) is 18.6 Å². The van der Waals surface area contributed by atoms with Crippen molar-refractivity contribution in [2.75, 3.05) is 24.7 Å². The van der Waals surface area contributed by atoms with E-state index in [1.54, 1.807) is 6.07 Å². The second kappa shape index (κ2) is 5.67. The molecule has 1 atom stereocenters. The van der Waals surface area contributed by atoms with Gasteiger partial charge < -0.3 is 9.64 Å². The van der Waals surface area contributed by atoms with Crippen molar-refractivity contribution in [3.8, 4) is 0 Å². The first-order chi connectivity index (χ1) is 8.63. The maximum absolute atomic E-state index is 11.2. The molecule has 0 N–H and O–H groups in total. The van der Waals surface area contributed by atoms with Gasteiger partial charge in [0.25, 0.3) is 5.69 Å². The van der Waals surface area contributed by atoms with Crippen LogP contribution in [-0.4, -0.2) is 30.7 Å². The molecular weight excluding hydrogens is 300 g/mol. The van der Waals surface area contributed by atoms with Gasteiger partial charge in [0.15, 0.2) is 0 Å². The summed E-state index contributed by atoms with van der Waals surface area (Å²) in [6, 6.07) is 5.54. The molecule has 98 valence electrons. The Balaban J connectivity index is 2.39. The van der Waals surface area contributed by atoms with Crippen molar-refractivity contribution >= 4 is 27.3 Å². The number of nitro benzene ring substituents is 1. The van der Waals surface area contributed by atoms with E-state index in [0.29, 0.717) is 30.8 Å². The van der Waals surface area contributed by atoms with Crippen LogP contribution in [0.5, 0.6) is 0 Å². The van der Waals surface area contributed by atoms with E-state index >= 15 is 0 Å². The number of alkyl halides is 1. The smallest absolute Gasteiger partial charge is 0.292 e. The van der Waals surface area contributed by atoms with Gasteiger partial charge in [0.05, 0.1) is 18.1 Å². The number of nitro groups is 1. The molecule has 2 rings (SSSR count). The third kappa shape index (κ3) is 2.64. The summed E-state index contributed by atoms with van der Waals surface area (Å²) >= 11 is 3.32. The van der Waals surface area contributed by atoms with Crippen LogP contribution < -0.4 is 4.90 Å². The summed E-state index contributed by atoms with van der Waals surface area (Å²) in [4.78, 5) is 12.9. The lowest BCUT2D eigenvalue weighted by Gasteiger charge is -2.34. The molecular formula is C12H15BrN2O3. The molecule has 6 heteroatoms. The van der Waals surface area contributed by atoms with Gasteiger partial charge in [-0.2, -0.15) is 0 Å². The third-order valence-corrected chi connectivity index (χ3v) is 3.72. The molecule has 0 radical (unpaired) electrons. The normalized spacial score (nSPS) is 19.9. The summed E-state index contributed by atoms with van der Waals surface area (Å²) in [5.74, 6) is 0. The Hall–Kier alpha value is -1.14. The van der Waals surface area contributed by atoms with Crippen LogP contribution in [0.15, 0.2) is 18.2 Å². The largest absolute Gasteiger partial charge is 0.377 e. The first kappa shape index (κ1) is 13.3. The molecule has 0 aliphatic carbocycles. The van der Waals surface area contributed by atoms with E-state index in [-0.39, 0.29) is 16.7 Å². The molecule has 0 spiro atoms. The van der Waals surface area contributed by atoms with E-state index in [1.165, 1.54) is 0 Å². The molecule has 1 aromatic carbocycles. The van der Waals surface area contributed by atoms with Gasteiger partial charge >= 0.3 is 0 Å². The van der Waals surface area contributed by atoms with E-state index < -0.39 is 0 Å². The second-order valence-electron chi connectivity index (χ2n) is 4.33. The molecule has 1 heterocycles. The average molecular weight is 315 g/mol. The molecule has 18 heavy (non-hydrogen) atoms. The third-order valence-electron chi connectivity index (χ3n) is 3.07. The minimum Gasteiger partial charge on any atom is -0.377 e. The highest BCUT2D eigenvalue weighted by Gasteiger charge is 2.25. The zero-order valence-electron chi connectivity index (χ0n) is 10.1. The van der Waals surface area contributed by atoms with Crippen LogP contribution in [-0.2, 0) is 10.1 Å². The topological polar surface area (TPSA) is 55.6 Å². The highest BCUT2D eigenvalue weighted by molar-refractivity contribution is 9.08. The summed E-state index contributed by atoms with van der Waals surface area (Å²) in [7, 11) is 0. The fourth-order valence-electron chi connectivity index (χ4n) is 2.13. The van der Waals surface area contributed by atoms with Crippen LogP contribution in [0, 0.1) is 10.1 Å². The summed E-state index contributed by atoms with van der Waals surface area (Å²) in [5, 5.41) is 11.8. The zero-order valence-corrected chi connectivity index (χ0v) is 11.7. The van der Waals surface area contributed by atoms with Gasteiger partial charge in [0, 0.05) is 24.0 Å². The number of nitrogens with zero attached hydrogens (tertiary/aromatic N) is 2. The van der Waals surface area contributed by atoms with E-state index in [2.05, 4.69) is 15.9 Å². The summed E-state index contributed by atoms with van der Waals surface area (Å²) in [5.41, 5.74) is 1.76. The first-order valence-corrected chi connectivity index (χ1v) is 6.93. The van der Waals surface area contributed by atoms with Crippen molar-refractivity contribution in [2.45, 2.75) is 18.3 Å². The number of ether oxygens (including phenoxy) is 1. The number of hydrogen-bond donors (Lipinski definition) is 0. The predicted octanol–water partition coefficient (Wildman–Crippen LogP) is 2.71. The lowest BCUT2D eigenvalue weighted by atomic mass is 10.1. The Morgan fingerprint density at radius 3 is 3.00 bits per heavy atom. The number of halogens is 1. The van der Waals surface area contributed by atoms with Gasteiger partial charge in [0.2, 0.25) is 0 Å². The number of morpholine rings is 1. The van der Waals surface area contributed by atoms with Crippen molar-refractivity contribution < 1.29 is 9.66 Å². The Bertz CT molecular complexity index is 453. The van der Waals surface area contributed by atoms with E-state index in [0.717, 1.165) is 5.56 Å². The quantitative estimate of drug-likeness (QED) is 0.489. The Morgan fingerprint density at radius 2 is 2.39 bits per heavy atom. The van der Waals surface area contributed by atoms with E-state index in [9.17, 15) is 10.1 Å². The highest BCUT2D eigenvalue weighted by Crippen LogP contribution is 2.32. The molecule has 1 unspecified atom stereocenters. The molecule has 1 fully saturated rings. The predicted molar refractivity (Wildman–Crippen MR) is 73.4 cm³/mol. The van der Waals surface area contributed by atoms with Crippen LogP contribution >= 0.6 is 15.9 Å². The van der Waals surface area contributed by atoms with Crippen molar-refractivity contribution in [3.05, 3.63) is 33.9 Å². The highest BCUT2D eigenvalue weighted by atomic mass is 79.9. The fourth-order valence-corrected chi connectivity index (χ4v) is 2.48. The molecule has 1 aliphatic rings. The summed E-state index contributed by atoms with van der Waals surface area (Å²) in [6.45, 7) is 3.93. The van der Waals surface area contributed by atoms with Gasteiger partial charge in [-0.15, -0.1) is 0 Å². The van der Waals surface area contributed by atoms with E-state index in [1.807, 2.05) is 24.0 Å². The van der Waals surface area contributed by atoms with Crippen molar-refractivity contribution in [3.63, 3.8) is 0 Å². The molecule has 1 aliphatic heterocycles. The van der Waals surface area contributed by atoms with E-state index in [4.69, 9.17) is 4.74 Å². The Kier molecular flexibility index (Phi) is 4.19. The molecule has 1 aromatic rings. The van der Waals surface area contributed by atoms with Gasteiger partial charge in [-0.3, -0.25) is 10.1 Å². The maximum atomic E-state index is 11.2. The molecule has 0 amide bonds. The number of benzene rings is 1. The number of hydrogen-bond acceptors (Lipinski definition) is 4. The van der Waals surface area contributed by atoms with Gasteiger partial charge in [0.1, 0.15) is 5.69 Å². The van der Waals surface area contributed by atoms with Crippen molar-refractivity contribution in [1.29, 1.82) is 0 Å². The van der Waals surface area contributed by atoms with Crippen LogP contribution in [0.2, 0.25) is 0 Å². The van der Waals surface area contributed by atoms with Gasteiger partial charge in [-0.25, -0.2) is 0 Å². The molecule has 0 bridgehead atoms. The monoisotopic (exact) mass is 314 g/mol. The first-order valence-electron chi connectivity index (χ1n) is 5.81. The number of anilines is 1. The summed E-state index contributed by atoms with van der Waals surface area (Å²) in [6.07, 6.45) is 0. The lowest BCUT2D eigenvalue weighted by molar-refractivity contribution is -0.384. The summed E-state index contributed by atoms with van der Waals surface area (Å²) < 4.78 is 5.36. The average Bonchev–Trinajstić information content (AvgIpc) is 2.38. The van der Waals surface area contributed by atoms with Gasteiger partial charge in [-0.1, -0.05) is 22.0 Å². The van der Waals surface area contributed by atoms with Crippen molar-refractivity contribution in [2.24, 2.45) is 0 Å². The molecule has 5 nitrogen and oxygen atoms in total. The van der Waals surface area contributed by atoms with Crippen LogP contribution in [0.1, 0.15) is 12.5 Å². The second-order valence-corrected chi connectivity index (χ2v) is 4.89. The molecule has 0 saturated carbocycles. The Morgan fingerprint density at radius 1 is 1.61 bits per heavy atom. The molecule has 0 aromatic heterocycles. The number of rotatable bonds is 3. The maximum Gasteiger partial charge on any atom is 0.292 e. The Labute approximate surface area is 114 Å². The van der Waals surface area contributed by atoms with Crippen LogP contribution in [0.25, 0.3) is 0 Å². The SMILES string of the molecule is CC1COCCN1c1ccc(CBr)cc1[N+](=O)[O-]. The zero-order chi connectivity index (χ0) is 13.1.